The number of anilines is 2. The fourth-order valence-corrected chi connectivity index (χ4v) is 3.84. The van der Waals surface area contributed by atoms with Gasteiger partial charge in [-0.25, -0.2) is 4.79 Å². The van der Waals surface area contributed by atoms with E-state index in [1.807, 2.05) is 6.92 Å². The van der Waals surface area contributed by atoms with Crippen molar-refractivity contribution in [3.8, 4) is 0 Å². The van der Waals surface area contributed by atoms with Gasteiger partial charge in [0.25, 0.3) is 11.5 Å². The van der Waals surface area contributed by atoms with E-state index in [4.69, 9.17) is 16.3 Å². The molecule has 5 N–H and O–H groups in total. The molecule has 0 bridgehead atoms. The van der Waals surface area contributed by atoms with E-state index in [1.165, 1.54) is 12.1 Å². The van der Waals surface area contributed by atoms with Crippen LogP contribution in [-0.4, -0.2) is 40.9 Å². The maximum Gasteiger partial charge on any atom is 0.327 e. The van der Waals surface area contributed by atoms with E-state index in [1.54, 1.807) is 37.3 Å². The van der Waals surface area contributed by atoms with Gasteiger partial charge in [0.2, 0.25) is 5.91 Å². The van der Waals surface area contributed by atoms with Crippen molar-refractivity contribution in [3.63, 3.8) is 0 Å². The molecule has 0 aliphatic carbocycles. The Labute approximate surface area is 216 Å². The maximum atomic E-state index is 12.7. The number of benzene rings is 2. The third kappa shape index (κ3) is 8.36. The summed E-state index contributed by atoms with van der Waals surface area (Å²) in [7, 11) is 0. The number of rotatable bonds is 10. The number of hydrogen-bond donors (Lipinski definition) is 5. The first kappa shape index (κ1) is 27.2. The van der Waals surface area contributed by atoms with Crippen molar-refractivity contribution in [2.75, 3.05) is 18.5 Å². The number of hydrogen-bond acceptors (Lipinski definition) is 7. The van der Waals surface area contributed by atoms with Gasteiger partial charge in [-0.2, -0.15) is 0 Å². The van der Waals surface area contributed by atoms with Crippen molar-refractivity contribution in [1.82, 2.24) is 20.6 Å². The highest BCUT2D eigenvalue weighted by atomic mass is 35.5. The molecule has 2 aromatic carbocycles. The summed E-state index contributed by atoms with van der Waals surface area (Å²) in [6.45, 7) is 3.38. The molecule has 0 spiro atoms. The van der Waals surface area contributed by atoms with Gasteiger partial charge in [-0.1, -0.05) is 23.7 Å². The van der Waals surface area contributed by atoms with Gasteiger partial charge in [-0.3, -0.25) is 29.1 Å². The molecule has 0 saturated heterocycles. The van der Waals surface area contributed by atoms with Gasteiger partial charge in [0.05, 0.1) is 25.6 Å². The van der Waals surface area contributed by atoms with Gasteiger partial charge in [0, 0.05) is 22.3 Å². The molecular weight excluding hydrogens is 502 g/mol. The molecular formula is C25H26ClN5O6. The topological polar surface area (TPSA) is 162 Å². The Morgan fingerprint density at radius 2 is 1.84 bits per heavy atom. The molecule has 194 valence electrons. The van der Waals surface area contributed by atoms with Crippen LogP contribution in [-0.2, 0) is 14.3 Å². The van der Waals surface area contributed by atoms with Crippen LogP contribution in [0, 0.1) is 6.92 Å². The Kier molecular flexibility index (Phi) is 9.22. The lowest BCUT2D eigenvalue weighted by atomic mass is 10.0. The first-order valence-electron chi connectivity index (χ1n) is 11.3. The van der Waals surface area contributed by atoms with Crippen LogP contribution in [0.4, 0.5) is 11.5 Å². The van der Waals surface area contributed by atoms with Gasteiger partial charge in [0.15, 0.2) is 0 Å². The SMILES string of the molecule is CCOC(=O)CC(NC(=O)CNC(=O)c1cccc(Nc2cc(=O)[nH]c(=O)[nH]2)c1)c1cc(C)cc(Cl)c1. The lowest BCUT2D eigenvalue weighted by molar-refractivity contribution is -0.143. The Hall–Kier alpha value is -4.38. The lowest BCUT2D eigenvalue weighted by Crippen LogP contribution is -2.39. The first-order chi connectivity index (χ1) is 17.6. The number of aryl methyl sites for hydroxylation is 1. The molecule has 0 aliphatic rings. The Morgan fingerprint density at radius 1 is 1.05 bits per heavy atom. The maximum absolute atomic E-state index is 12.7. The monoisotopic (exact) mass is 527 g/mol. The van der Waals surface area contributed by atoms with Gasteiger partial charge < -0.3 is 20.7 Å². The molecule has 0 saturated carbocycles. The molecule has 3 aromatic rings. The molecule has 1 heterocycles. The van der Waals surface area contributed by atoms with Crippen molar-refractivity contribution in [1.29, 1.82) is 0 Å². The van der Waals surface area contributed by atoms with Crippen molar-refractivity contribution < 1.29 is 19.1 Å². The lowest BCUT2D eigenvalue weighted by Gasteiger charge is -2.19. The number of nitrogens with one attached hydrogen (secondary N) is 5. The van der Waals surface area contributed by atoms with Gasteiger partial charge in [-0.05, 0) is 55.3 Å². The third-order valence-electron chi connectivity index (χ3n) is 5.05. The van der Waals surface area contributed by atoms with Crippen molar-refractivity contribution in [2.24, 2.45) is 0 Å². The number of carbonyl (C=O) groups excluding carboxylic acids is 3. The second-order valence-corrected chi connectivity index (χ2v) is 8.52. The zero-order valence-corrected chi connectivity index (χ0v) is 20.9. The quantitative estimate of drug-likeness (QED) is 0.253. The van der Waals surface area contributed by atoms with Gasteiger partial charge in [0.1, 0.15) is 5.82 Å². The Morgan fingerprint density at radius 3 is 2.54 bits per heavy atom. The van der Waals surface area contributed by atoms with Crippen LogP contribution in [0.25, 0.3) is 0 Å². The summed E-state index contributed by atoms with van der Waals surface area (Å²) in [5.41, 5.74) is 0.901. The van der Waals surface area contributed by atoms with E-state index in [0.717, 1.165) is 11.6 Å². The normalized spacial score (nSPS) is 11.3. The molecule has 0 aliphatic heterocycles. The molecule has 1 unspecified atom stereocenters. The second kappa shape index (κ2) is 12.5. The van der Waals surface area contributed by atoms with Crippen molar-refractivity contribution in [3.05, 3.63) is 91.1 Å². The summed E-state index contributed by atoms with van der Waals surface area (Å²) in [4.78, 5) is 64.8. The number of carbonyl (C=O) groups is 3. The number of aromatic nitrogens is 2. The zero-order valence-electron chi connectivity index (χ0n) is 20.1. The van der Waals surface area contributed by atoms with E-state index < -0.39 is 35.1 Å². The smallest absolute Gasteiger partial charge is 0.327 e. The standard InChI is InChI=1S/C25H26ClN5O6/c1-3-37-23(34)11-19(16-7-14(2)8-17(26)9-16)29-22(33)13-27-24(35)15-5-4-6-18(10-15)28-20-12-21(32)31-25(36)30-20/h4-10,12,19H,3,11,13H2,1-2H3,(H,27,35)(H,29,33)(H3,28,30,31,32,36). The minimum absolute atomic E-state index is 0.106. The minimum Gasteiger partial charge on any atom is -0.466 e. The number of esters is 1. The van der Waals surface area contributed by atoms with Crippen LogP contribution < -0.4 is 27.2 Å². The largest absolute Gasteiger partial charge is 0.466 e. The highest BCUT2D eigenvalue weighted by Gasteiger charge is 2.20. The molecule has 1 atom stereocenters. The van der Waals surface area contributed by atoms with Crippen LogP contribution in [0.15, 0.2) is 58.1 Å². The summed E-state index contributed by atoms with van der Waals surface area (Å²) in [6.07, 6.45) is -0.106. The number of aromatic amines is 2. The first-order valence-corrected chi connectivity index (χ1v) is 11.7. The number of H-pyrrole nitrogens is 2. The van der Waals surface area contributed by atoms with E-state index in [0.29, 0.717) is 16.3 Å². The van der Waals surface area contributed by atoms with E-state index in [-0.39, 0.29) is 31.0 Å². The van der Waals surface area contributed by atoms with Crippen LogP contribution in [0.5, 0.6) is 0 Å². The summed E-state index contributed by atoms with van der Waals surface area (Å²) in [6, 6.07) is 11.9. The van der Waals surface area contributed by atoms with E-state index in [2.05, 4.69) is 25.9 Å². The molecule has 0 fully saturated rings. The summed E-state index contributed by atoms with van der Waals surface area (Å²) in [5, 5.41) is 8.58. The highest BCUT2D eigenvalue weighted by molar-refractivity contribution is 6.30. The number of ether oxygens (including phenoxy) is 1. The summed E-state index contributed by atoms with van der Waals surface area (Å²) >= 11 is 6.15. The summed E-state index contributed by atoms with van der Waals surface area (Å²) < 4.78 is 5.02. The molecule has 37 heavy (non-hydrogen) atoms. The van der Waals surface area contributed by atoms with Crippen molar-refractivity contribution >= 4 is 40.9 Å². The van der Waals surface area contributed by atoms with Crippen LogP contribution >= 0.6 is 11.6 Å². The van der Waals surface area contributed by atoms with E-state index in [9.17, 15) is 24.0 Å². The number of halogens is 1. The molecule has 0 radical (unpaired) electrons. The molecule has 2 amide bonds. The highest BCUT2D eigenvalue weighted by Crippen LogP contribution is 2.23. The van der Waals surface area contributed by atoms with Crippen LogP contribution in [0.1, 0.15) is 40.9 Å². The molecule has 3 rings (SSSR count). The molecule has 1 aromatic heterocycles. The minimum atomic E-state index is -0.704. The number of amides is 2. The fraction of sp³-hybridized carbons (Fsp3) is 0.240. The third-order valence-corrected chi connectivity index (χ3v) is 5.27. The average molecular weight is 528 g/mol. The Bertz CT molecular complexity index is 1370. The summed E-state index contributed by atoms with van der Waals surface area (Å²) in [5.74, 6) is -1.38. The van der Waals surface area contributed by atoms with E-state index >= 15 is 0 Å². The zero-order chi connectivity index (χ0) is 26.9. The van der Waals surface area contributed by atoms with Gasteiger partial charge >= 0.3 is 11.7 Å². The van der Waals surface area contributed by atoms with Gasteiger partial charge in [-0.15, -0.1) is 0 Å². The average Bonchev–Trinajstić information content (AvgIpc) is 2.81. The predicted octanol–water partition coefficient (Wildman–Crippen LogP) is 2.31. The fourth-order valence-electron chi connectivity index (χ4n) is 3.54. The van der Waals surface area contributed by atoms with Crippen LogP contribution in [0.3, 0.4) is 0 Å². The second-order valence-electron chi connectivity index (χ2n) is 8.08. The molecule has 12 heteroatoms. The predicted molar refractivity (Wildman–Crippen MR) is 138 cm³/mol. The Balaban J connectivity index is 1.65. The van der Waals surface area contributed by atoms with Crippen LogP contribution in [0.2, 0.25) is 5.02 Å². The van der Waals surface area contributed by atoms with Crippen molar-refractivity contribution in [2.45, 2.75) is 26.3 Å². The molecule has 11 nitrogen and oxygen atoms in total.